The number of aromatic nitrogens is 1. The predicted octanol–water partition coefficient (Wildman–Crippen LogP) is 0.987. The van der Waals surface area contributed by atoms with E-state index in [9.17, 15) is 5.11 Å². The van der Waals surface area contributed by atoms with Gasteiger partial charge >= 0.3 is 0 Å². The van der Waals surface area contributed by atoms with Crippen molar-refractivity contribution in [2.24, 2.45) is 5.73 Å². The Hall–Kier alpha value is -0.930. The van der Waals surface area contributed by atoms with Gasteiger partial charge in [0.1, 0.15) is 0 Å². The zero-order valence-corrected chi connectivity index (χ0v) is 8.99. The molecule has 14 heavy (non-hydrogen) atoms. The van der Waals surface area contributed by atoms with Crippen LogP contribution >= 0.6 is 0 Å². The molecule has 0 fully saturated rings. The molecule has 0 aromatic carbocycles. The van der Waals surface area contributed by atoms with E-state index in [1.165, 1.54) is 0 Å². The van der Waals surface area contributed by atoms with Crippen molar-refractivity contribution >= 4 is 0 Å². The lowest BCUT2D eigenvalue weighted by molar-refractivity contribution is 0.109. The number of aryl methyl sites for hydroxylation is 1. The SMILES string of the molecule is Cc1ccnc(C(C)(CN)C(C)O)c1. The lowest BCUT2D eigenvalue weighted by Gasteiger charge is -2.30. The molecular formula is C11H18N2O. The van der Waals surface area contributed by atoms with Gasteiger partial charge in [0, 0.05) is 18.2 Å². The highest BCUT2D eigenvalue weighted by Gasteiger charge is 2.31. The van der Waals surface area contributed by atoms with Crippen LogP contribution in [-0.4, -0.2) is 22.7 Å². The summed E-state index contributed by atoms with van der Waals surface area (Å²) in [5.41, 5.74) is 7.23. The topological polar surface area (TPSA) is 59.1 Å². The van der Waals surface area contributed by atoms with Crippen LogP contribution in [0, 0.1) is 6.92 Å². The quantitative estimate of drug-likeness (QED) is 0.754. The van der Waals surface area contributed by atoms with Crippen molar-refractivity contribution in [3.05, 3.63) is 29.6 Å². The molecule has 0 saturated heterocycles. The minimum Gasteiger partial charge on any atom is -0.392 e. The zero-order valence-electron chi connectivity index (χ0n) is 8.99. The van der Waals surface area contributed by atoms with E-state index < -0.39 is 11.5 Å². The van der Waals surface area contributed by atoms with Crippen molar-refractivity contribution < 1.29 is 5.11 Å². The third-order valence-electron chi connectivity index (χ3n) is 2.85. The molecule has 0 aliphatic heterocycles. The fourth-order valence-corrected chi connectivity index (χ4v) is 1.34. The highest BCUT2D eigenvalue weighted by molar-refractivity contribution is 5.23. The van der Waals surface area contributed by atoms with Crippen molar-refractivity contribution in [1.29, 1.82) is 0 Å². The lowest BCUT2D eigenvalue weighted by Crippen LogP contribution is -2.42. The molecule has 0 aliphatic carbocycles. The summed E-state index contributed by atoms with van der Waals surface area (Å²) in [4.78, 5) is 4.26. The van der Waals surface area contributed by atoms with E-state index in [2.05, 4.69) is 4.98 Å². The first-order valence-corrected chi connectivity index (χ1v) is 4.82. The monoisotopic (exact) mass is 194 g/mol. The summed E-state index contributed by atoms with van der Waals surface area (Å²) < 4.78 is 0. The van der Waals surface area contributed by atoms with Crippen LogP contribution in [0.1, 0.15) is 25.1 Å². The van der Waals surface area contributed by atoms with Gasteiger partial charge in [0.15, 0.2) is 0 Å². The number of nitrogens with two attached hydrogens (primary N) is 1. The van der Waals surface area contributed by atoms with Gasteiger partial charge in [-0.05, 0) is 31.5 Å². The second kappa shape index (κ2) is 4.07. The molecule has 1 rings (SSSR count). The summed E-state index contributed by atoms with van der Waals surface area (Å²) in [7, 11) is 0. The highest BCUT2D eigenvalue weighted by atomic mass is 16.3. The Morgan fingerprint density at radius 2 is 2.29 bits per heavy atom. The van der Waals surface area contributed by atoms with Crippen LogP contribution in [0.2, 0.25) is 0 Å². The smallest absolute Gasteiger partial charge is 0.0633 e. The Bertz CT molecular complexity index is 312. The normalized spacial score (nSPS) is 17.5. The maximum atomic E-state index is 9.70. The molecule has 1 heterocycles. The Kier molecular flexibility index (Phi) is 3.24. The maximum Gasteiger partial charge on any atom is 0.0633 e. The van der Waals surface area contributed by atoms with Gasteiger partial charge in [0.2, 0.25) is 0 Å². The number of rotatable bonds is 3. The number of aliphatic hydroxyl groups is 1. The second-order valence-corrected chi connectivity index (χ2v) is 4.02. The summed E-state index contributed by atoms with van der Waals surface area (Å²) in [6.07, 6.45) is 1.25. The van der Waals surface area contributed by atoms with Gasteiger partial charge < -0.3 is 10.8 Å². The fourth-order valence-electron chi connectivity index (χ4n) is 1.34. The minimum atomic E-state index is -0.498. The Labute approximate surface area is 85.0 Å². The van der Waals surface area contributed by atoms with Crippen LogP contribution in [-0.2, 0) is 5.41 Å². The zero-order chi connectivity index (χ0) is 10.8. The Morgan fingerprint density at radius 3 is 2.71 bits per heavy atom. The molecule has 0 radical (unpaired) electrons. The number of pyridine rings is 1. The molecule has 0 aliphatic rings. The number of aliphatic hydroxyl groups excluding tert-OH is 1. The third kappa shape index (κ3) is 1.94. The minimum absolute atomic E-state index is 0.390. The number of hydrogen-bond donors (Lipinski definition) is 2. The van der Waals surface area contributed by atoms with Gasteiger partial charge in [-0.15, -0.1) is 0 Å². The van der Waals surface area contributed by atoms with Gasteiger partial charge in [-0.3, -0.25) is 4.98 Å². The molecule has 2 atom stereocenters. The largest absolute Gasteiger partial charge is 0.392 e. The predicted molar refractivity (Wildman–Crippen MR) is 57.1 cm³/mol. The summed E-state index contributed by atoms with van der Waals surface area (Å²) in [5.74, 6) is 0. The van der Waals surface area contributed by atoms with Crippen LogP contribution in [0.25, 0.3) is 0 Å². The number of nitrogens with zero attached hydrogens (tertiary/aromatic N) is 1. The third-order valence-corrected chi connectivity index (χ3v) is 2.85. The molecule has 1 aromatic heterocycles. The fraction of sp³-hybridized carbons (Fsp3) is 0.545. The van der Waals surface area contributed by atoms with Crippen molar-refractivity contribution in [3.63, 3.8) is 0 Å². The molecule has 3 heteroatoms. The molecule has 0 spiro atoms. The van der Waals surface area contributed by atoms with E-state index in [4.69, 9.17) is 5.73 Å². The maximum absolute atomic E-state index is 9.70. The molecule has 0 amide bonds. The van der Waals surface area contributed by atoms with Crippen LogP contribution in [0.4, 0.5) is 0 Å². The first kappa shape index (κ1) is 11.1. The van der Waals surface area contributed by atoms with E-state index in [1.54, 1.807) is 13.1 Å². The van der Waals surface area contributed by atoms with E-state index in [0.29, 0.717) is 6.54 Å². The molecule has 2 unspecified atom stereocenters. The first-order chi connectivity index (χ1) is 6.50. The first-order valence-electron chi connectivity index (χ1n) is 4.82. The summed E-state index contributed by atoms with van der Waals surface area (Å²) in [5, 5.41) is 9.70. The Balaban J connectivity index is 3.12. The van der Waals surface area contributed by atoms with E-state index in [-0.39, 0.29) is 0 Å². The van der Waals surface area contributed by atoms with E-state index in [1.807, 2.05) is 26.0 Å². The van der Waals surface area contributed by atoms with Crippen LogP contribution < -0.4 is 5.73 Å². The molecular weight excluding hydrogens is 176 g/mol. The van der Waals surface area contributed by atoms with Gasteiger partial charge in [-0.25, -0.2) is 0 Å². The van der Waals surface area contributed by atoms with Crippen molar-refractivity contribution in [1.82, 2.24) is 4.98 Å². The molecule has 0 bridgehead atoms. The van der Waals surface area contributed by atoms with Crippen LogP contribution in [0.3, 0.4) is 0 Å². The molecule has 0 saturated carbocycles. The van der Waals surface area contributed by atoms with E-state index >= 15 is 0 Å². The summed E-state index contributed by atoms with van der Waals surface area (Å²) >= 11 is 0. The van der Waals surface area contributed by atoms with E-state index in [0.717, 1.165) is 11.3 Å². The summed E-state index contributed by atoms with van der Waals surface area (Å²) in [6, 6.07) is 3.90. The van der Waals surface area contributed by atoms with Crippen LogP contribution in [0.15, 0.2) is 18.3 Å². The second-order valence-electron chi connectivity index (χ2n) is 4.02. The van der Waals surface area contributed by atoms with Crippen LogP contribution in [0.5, 0.6) is 0 Å². The highest BCUT2D eigenvalue weighted by Crippen LogP contribution is 2.25. The molecule has 3 nitrogen and oxygen atoms in total. The molecule has 1 aromatic rings. The average Bonchev–Trinajstić information content (AvgIpc) is 2.16. The number of hydrogen-bond acceptors (Lipinski definition) is 3. The van der Waals surface area contributed by atoms with Gasteiger partial charge in [-0.1, -0.05) is 6.92 Å². The van der Waals surface area contributed by atoms with Gasteiger partial charge in [-0.2, -0.15) is 0 Å². The molecule has 78 valence electrons. The van der Waals surface area contributed by atoms with Gasteiger partial charge in [0.25, 0.3) is 0 Å². The molecule has 3 N–H and O–H groups in total. The van der Waals surface area contributed by atoms with Crippen molar-refractivity contribution in [2.45, 2.75) is 32.3 Å². The van der Waals surface area contributed by atoms with Crippen molar-refractivity contribution in [2.75, 3.05) is 6.54 Å². The standard InChI is InChI=1S/C11H18N2O/c1-8-4-5-13-10(6-8)11(3,7-12)9(2)14/h4-6,9,14H,7,12H2,1-3H3. The van der Waals surface area contributed by atoms with Crippen molar-refractivity contribution in [3.8, 4) is 0 Å². The lowest BCUT2D eigenvalue weighted by atomic mass is 9.81. The average molecular weight is 194 g/mol. The Morgan fingerprint density at radius 1 is 1.64 bits per heavy atom. The summed E-state index contributed by atoms with van der Waals surface area (Å²) in [6.45, 7) is 6.07. The van der Waals surface area contributed by atoms with Gasteiger partial charge in [0.05, 0.1) is 11.8 Å².